The Morgan fingerprint density at radius 3 is 1.70 bits per heavy atom. The second kappa shape index (κ2) is 9.44. The van der Waals surface area contributed by atoms with Gasteiger partial charge in [0, 0.05) is 10.8 Å². The average Bonchev–Trinajstić information content (AvgIpc) is 3.48. The van der Waals surface area contributed by atoms with Gasteiger partial charge in [-0.3, -0.25) is 0 Å². The van der Waals surface area contributed by atoms with Gasteiger partial charge >= 0.3 is 0 Å². The Balaban J connectivity index is 1.36. The Bertz CT molecular complexity index is 2680. The maximum absolute atomic E-state index is 9.58. The van der Waals surface area contributed by atoms with E-state index < -0.39 is 0 Å². The van der Waals surface area contributed by atoms with E-state index in [9.17, 15) is 2.74 Å². The molecule has 1 aromatic heterocycles. The van der Waals surface area contributed by atoms with Crippen LogP contribution in [0.15, 0.2) is 162 Å². The Morgan fingerprint density at radius 2 is 0.953 bits per heavy atom. The van der Waals surface area contributed by atoms with Crippen molar-refractivity contribution in [1.82, 2.24) is 0 Å². The van der Waals surface area contributed by atoms with E-state index in [-0.39, 0.29) is 24.2 Å². The monoisotopic (exact) mass is 550 g/mol. The molecule has 1 heteroatoms. The molecule has 9 aromatic rings. The lowest BCUT2D eigenvalue weighted by Gasteiger charge is -2.18. The van der Waals surface area contributed by atoms with E-state index >= 15 is 0 Å². The van der Waals surface area contributed by atoms with E-state index in [0.29, 0.717) is 16.7 Å². The van der Waals surface area contributed by atoms with Crippen molar-refractivity contribution in [3.63, 3.8) is 0 Å². The Kier molecular flexibility index (Phi) is 4.45. The molecule has 0 aliphatic heterocycles. The van der Waals surface area contributed by atoms with Crippen LogP contribution in [-0.2, 0) is 0 Å². The largest absolute Gasteiger partial charge is 0.456 e. The number of furan rings is 1. The van der Waals surface area contributed by atoms with Gasteiger partial charge in [-0.1, -0.05) is 127 Å². The first-order valence-corrected chi connectivity index (χ1v) is 14.4. The number of benzene rings is 8. The van der Waals surface area contributed by atoms with E-state index in [1.165, 1.54) is 0 Å². The van der Waals surface area contributed by atoms with Crippen LogP contribution in [0.3, 0.4) is 0 Å². The molecule has 1 heterocycles. The molecule has 0 amide bonds. The van der Waals surface area contributed by atoms with Crippen LogP contribution in [0.1, 0.15) is 5.48 Å². The molecule has 200 valence electrons. The molecule has 0 fully saturated rings. The first-order valence-electron chi connectivity index (χ1n) is 16.4. The van der Waals surface area contributed by atoms with Gasteiger partial charge in [-0.05, 0) is 96.0 Å². The average molecular weight is 551 g/mol. The van der Waals surface area contributed by atoms with Crippen LogP contribution in [0.25, 0.3) is 87.6 Å². The summed E-state index contributed by atoms with van der Waals surface area (Å²) in [6.07, 6.45) is 0. The molecular formula is C42H26O. The Labute approximate surface area is 254 Å². The lowest BCUT2D eigenvalue weighted by molar-refractivity contribution is 0.669. The number of hydrogen-bond acceptors (Lipinski definition) is 1. The molecule has 43 heavy (non-hydrogen) atoms. The van der Waals surface area contributed by atoms with Crippen molar-refractivity contribution in [3.05, 3.63) is 158 Å². The van der Waals surface area contributed by atoms with Crippen molar-refractivity contribution in [1.29, 1.82) is 0 Å². The van der Waals surface area contributed by atoms with Gasteiger partial charge in [0.1, 0.15) is 11.2 Å². The number of para-hydroxylation sites is 1. The third-order valence-corrected chi connectivity index (χ3v) is 8.51. The van der Waals surface area contributed by atoms with Crippen LogP contribution in [0.5, 0.6) is 0 Å². The molecule has 0 bridgehead atoms. The molecular weight excluding hydrogens is 520 g/mol. The SMILES string of the molecule is [2H]c1c([2H])c(-c2ccc3ccccc3c2)c([2H])c(-c2c3ccccc3c(-c3ccc4c(c3)oc3ccccc34)c3ccccc23)c1[2H]. The molecule has 0 radical (unpaired) electrons. The van der Waals surface area contributed by atoms with E-state index in [0.717, 1.165) is 70.9 Å². The van der Waals surface area contributed by atoms with Crippen molar-refractivity contribution in [3.8, 4) is 33.4 Å². The predicted octanol–water partition coefficient (Wildman–Crippen LogP) is 12.0. The predicted molar refractivity (Wildman–Crippen MR) is 183 cm³/mol. The van der Waals surface area contributed by atoms with Crippen LogP contribution in [-0.4, -0.2) is 0 Å². The van der Waals surface area contributed by atoms with Crippen molar-refractivity contribution in [2.24, 2.45) is 0 Å². The van der Waals surface area contributed by atoms with Gasteiger partial charge in [0.2, 0.25) is 0 Å². The van der Waals surface area contributed by atoms with Crippen molar-refractivity contribution in [2.75, 3.05) is 0 Å². The van der Waals surface area contributed by atoms with Crippen LogP contribution >= 0.6 is 0 Å². The summed E-state index contributed by atoms with van der Waals surface area (Å²) < 4.78 is 42.9. The summed E-state index contributed by atoms with van der Waals surface area (Å²) in [6, 6.07) is 44.2. The van der Waals surface area contributed by atoms with Crippen molar-refractivity contribution in [2.45, 2.75) is 0 Å². The van der Waals surface area contributed by atoms with Gasteiger partial charge in [0.05, 0.1) is 5.48 Å². The van der Waals surface area contributed by atoms with Crippen molar-refractivity contribution < 1.29 is 9.90 Å². The van der Waals surface area contributed by atoms with Gasteiger partial charge < -0.3 is 4.42 Å². The summed E-state index contributed by atoms with van der Waals surface area (Å²) in [5.41, 5.74) is 5.86. The molecule has 0 spiro atoms. The second-order valence-electron chi connectivity index (χ2n) is 11.0. The first-order chi connectivity index (χ1) is 23.0. The number of fused-ring (bicyclic) bond motifs is 6. The van der Waals surface area contributed by atoms with Gasteiger partial charge in [0.25, 0.3) is 0 Å². The smallest absolute Gasteiger partial charge is 0.136 e. The minimum Gasteiger partial charge on any atom is -0.456 e. The zero-order chi connectivity index (χ0) is 31.8. The van der Waals surface area contributed by atoms with Crippen LogP contribution in [0, 0.1) is 0 Å². The van der Waals surface area contributed by atoms with Gasteiger partial charge in [0.15, 0.2) is 0 Å². The van der Waals surface area contributed by atoms with Gasteiger partial charge in [-0.15, -0.1) is 0 Å². The fourth-order valence-electron chi connectivity index (χ4n) is 6.55. The summed E-state index contributed by atoms with van der Waals surface area (Å²) in [6.45, 7) is 0. The minimum atomic E-state index is -0.188. The van der Waals surface area contributed by atoms with Gasteiger partial charge in [-0.25, -0.2) is 0 Å². The summed E-state index contributed by atoms with van der Waals surface area (Å²) in [7, 11) is 0. The lowest BCUT2D eigenvalue weighted by Crippen LogP contribution is -1.91. The molecule has 0 atom stereocenters. The molecule has 0 unspecified atom stereocenters. The van der Waals surface area contributed by atoms with Crippen molar-refractivity contribution >= 4 is 54.3 Å². The van der Waals surface area contributed by atoms with E-state index in [1.807, 2.05) is 97.1 Å². The molecule has 0 saturated carbocycles. The second-order valence-corrected chi connectivity index (χ2v) is 11.0. The highest BCUT2D eigenvalue weighted by atomic mass is 16.3. The summed E-state index contributed by atoms with van der Waals surface area (Å²) in [4.78, 5) is 0. The van der Waals surface area contributed by atoms with Gasteiger partial charge in [-0.2, -0.15) is 0 Å². The fraction of sp³-hybridized carbons (Fsp3) is 0. The summed E-state index contributed by atoms with van der Waals surface area (Å²) in [5, 5.41) is 7.92. The summed E-state index contributed by atoms with van der Waals surface area (Å²) in [5.74, 6) is 0. The van der Waals surface area contributed by atoms with Crippen LogP contribution in [0.2, 0.25) is 0 Å². The molecule has 0 aliphatic rings. The highest BCUT2D eigenvalue weighted by Crippen LogP contribution is 2.45. The third-order valence-electron chi connectivity index (χ3n) is 8.51. The molecule has 9 rings (SSSR count). The molecule has 0 saturated heterocycles. The normalized spacial score (nSPS) is 13.0. The zero-order valence-corrected chi connectivity index (χ0v) is 23.1. The van der Waals surface area contributed by atoms with E-state index in [1.54, 1.807) is 0 Å². The highest BCUT2D eigenvalue weighted by Gasteiger charge is 2.18. The minimum absolute atomic E-state index is 0.0815. The maximum Gasteiger partial charge on any atom is 0.136 e. The first kappa shape index (κ1) is 20.3. The topological polar surface area (TPSA) is 13.1 Å². The maximum atomic E-state index is 9.58. The molecule has 0 N–H and O–H groups in total. The standard InChI is InChI=1S/C42H26O/c1-2-11-28-24-30(21-20-27(28)10-1)29-12-9-13-31(25-29)41-35-15-3-5-17-37(35)42(38-18-6-4-16-36(38)41)32-22-23-34-33-14-7-8-19-39(33)43-40(34)26-32/h1-26H/i9D,12D,13D,25D. The highest BCUT2D eigenvalue weighted by molar-refractivity contribution is 6.22. The Morgan fingerprint density at radius 1 is 0.395 bits per heavy atom. The summed E-state index contributed by atoms with van der Waals surface area (Å²) >= 11 is 0. The molecule has 0 aliphatic carbocycles. The molecule has 1 nitrogen and oxygen atoms in total. The number of rotatable bonds is 3. The molecule has 8 aromatic carbocycles. The zero-order valence-electron chi connectivity index (χ0n) is 27.1. The fourth-order valence-corrected chi connectivity index (χ4v) is 6.55. The quantitative estimate of drug-likeness (QED) is 0.199. The third kappa shape index (κ3) is 3.79. The van der Waals surface area contributed by atoms with E-state index in [4.69, 9.17) is 7.16 Å². The number of hydrogen-bond donors (Lipinski definition) is 0. The van der Waals surface area contributed by atoms with Crippen LogP contribution < -0.4 is 0 Å². The Hall–Kier alpha value is -5.66. The van der Waals surface area contributed by atoms with E-state index in [2.05, 4.69) is 36.4 Å². The lowest BCUT2D eigenvalue weighted by atomic mass is 9.85. The van der Waals surface area contributed by atoms with Crippen LogP contribution in [0.4, 0.5) is 0 Å².